The lowest BCUT2D eigenvalue weighted by Crippen LogP contribution is -2.12. The summed E-state index contributed by atoms with van der Waals surface area (Å²) in [5.41, 5.74) is -0.422. The topological polar surface area (TPSA) is 29.1 Å². The molecule has 1 aliphatic heterocycles. The second-order valence-electron chi connectivity index (χ2n) is 3.37. The van der Waals surface area contributed by atoms with E-state index in [1.165, 1.54) is 12.1 Å². The number of nitrogens with one attached hydrogen (secondary N) is 1. The largest absolute Gasteiger partial charge is 0.416 e. The number of hydrogen-bond donors (Lipinski definition) is 1. The Hall–Kier alpha value is -1.17. The Morgan fingerprint density at radius 1 is 1.38 bits per heavy atom. The predicted octanol–water partition coefficient (Wildman–Crippen LogP) is 3.06. The van der Waals surface area contributed by atoms with E-state index in [1.807, 2.05) is 0 Å². The zero-order valence-electron chi connectivity index (χ0n) is 8.26. The molecule has 0 fully saturated rings. The van der Waals surface area contributed by atoms with Crippen molar-refractivity contribution in [2.45, 2.75) is 11.4 Å². The molecule has 1 N–H and O–H groups in total. The first-order chi connectivity index (χ1) is 7.45. The average Bonchev–Trinajstić information content (AvgIpc) is 2.51. The van der Waals surface area contributed by atoms with E-state index in [1.54, 1.807) is 6.26 Å². The van der Waals surface area contributed by atoms with Crippen LogP contribution in [0.15, 0.2) is 18.2 Å². The number of halogens is 3. The number of fused-ring (bicyclic) bond motifs is 1. The number of thioether (sulfide) groups is 1. The molecular formula is C10H8F3NOS. The molecule has 2 nitrogen and oxygen atoms in total. The number of hydrogen-bond acceptors (Lipinski definition) is 2. The first-order valence-electron chi connectivity index (χ1n) is 4.49. The Morgan fingerprint density at radius 2 is 2.06 bits per heavy atom. The summed E-state index contributed by atoms with van der Waals surface area (Å²) in [5, 5.41) is 1.68. The van der Waals surface area contributed by atoms with E-state index in [4.69, 9.17) is 0 Å². The summed E-state index contributed by atoms with van der Waals surface area (Å²) in [4.78, 5) is 11.4. The third-order valence-electron chi connectivity index (χ3n) is 2.41. The van der Waals surface area contributed by atoms with Crippen molar-refractivity contribution in [1.82, 2.24) is 0 Å². The van der Waals surface area contributed by atoms with Crippen LogP contribution in [-0.2, 0) is 11.0 Å². The SMILES string of the molecule is CSC1C(=O)Nc2cccc(C(F)(F)F)c21. The molecule has 1 atom stereocenters. The Morgan fingerprint density at radius 3 is 2.62 bits per heavy atom. The fourth-order valence-electron chi connectivity index (χ4n) is 1.76. The van der Waals surface area contributed by atoms with Crippen LogP contribution in [0.5, 0.6) is 0 Å². The smallest absolute Gasteiger partial charge is 0.325 e. The highest BCUT2D eigenvalue weighted by Crippen LogP contribution is 2.45. The highest BCUT2D eigenvalue weighted by molar-refractivity contribution is 7.99. The van der Waals surface area contributed by atoms with Crippen LogP contribution < -0.4 is 5.32 Å². The normalized spacial score (nSPS) is 19.5. The predicted molar refractivity (Wildman–Crippen MR) is 56.3 cm³/mol. The van der Waals surface area contributed by atoms with Crippen molar-refractivity contribution < 1.29 is 18.0 Å². The molecule has 86 valence electrons. The van der Waals surface area contributed by atoms with Crippen molar-refractivity contribution in [3.8, 4) is 0 Å². The van der Waals surface area contributed by atoms with Crippen molar-refractivity contribution in [3.05, 3.63) is 29.3 Å². The fraction of sp³-hybridized carbons (Fsp3) is 0.300. The maximum absolute atomic E-state index is 12.7. The van der Waals surface area contributed by atoms with E-state index in [9.17, 15) is 18.0 Å². The van der Waals surface area contributed by atoms with Gasteiger partial charge >= 0.3 is 6.18 Å². The number of anilines is 1. The minimum absolute atomic E-state index is 0.0486. The molecule has 0 saturated carbocycles. The van der Waals surface area contributed by atoms with Crippen LogP contribution in [0.4, 0.5) is 18.9 Å². The van der Waals surface area contributed by atoms with E-state index in [0.29, 0.717) is 0 Å². The van der Waals surface area contributed by atoms with E-state index in [2.05, 4.69) is 5.32 Å². The molecule has 1 heterocycles. The summed E-state index contributed by atoms with van der Waals surface area (Å²) in [5.74, 6) is -0.390. The molecule has 2 rings (SSSR count). The summed E-state index contributed by atoms with van der Waals surface area (Å²) in [7, 11) is 0. The van der Waals surface area contributed by atoms with Gasteiger partial charge in [0.1, 0.15) is 5.25 Å². The van der Waals surface area contributed by atoms with Gasteiger partial charge < -0.3 is 5.32 Å². The first-order valence-corrected chi connectivity index (χ1v) is 5.77. The highest BCUT2D eigenvalue weighted by Gasteiger charge is 2.41. The van der Waals surface area contributed by atoms with E-state index >= 15 is 0 Å². The Labute approximate surface area is 94.2 Å². The van der Waals surface area contributed by atoms with Gasteiger partial charge in [0.25, 0.3) is 0 Å². The van der Waals surface area contributed by atoms with Crippen molar-refractivity contribution in [2.24, 2.45) is 0 Å². The zero-order valence-corrected chi connectivity index (χ0v) is 9.08. The maximum Gasteiger partial charge on any atom is 0.416 e. The van der Waals surface area contributed by atoms with Gasteiger partial charge in [0.15, 0.2) is 0 Å². The van der Waals surface area contributed by atoms with Crippen LogP contribution in [0.25, 0.3) is 0 Å². The summed E-state index contributed by atoms with van der Waals surface area (Å²) < 4.78 is 38.2. The molecule has 0 aliphatic carbocycles. The average molecular weight is 247 g/mol. The molecule has 16 heavy (non-hydrogen) atoms. The summed E-state index contributed by atoms with van der Waals surface area (Å²) in [6, 6.07) is 3.78. The number of amides is 1. The Kier molecular flexibility index (Phi) is 2.61. The van der Waals surface area contributed by atoms with Gasteiger partial charge in [-0.15, -0.1) is 11.8 Å². The van der Waals surface area contributed by atoms with Crippen LogP contribution in [0.1, 0.15) is 16.4 Å². The molecule has 0 bridgehead atoms. The minimum Gasteiger partial charge on any atom is -0.325 e. The molecule has 1 unspecified atom stereocenters. The molecule has 0 aromatic heterocycles. The van der Waals surface area contributed by atoms with E-state index < -0.39 is 17.0 Å². The van der Waals surface area contributed by atoms with E-state index in [-0.39, 0.29) is 17.2 Å². The molecular weight excluding hydrogens is 239 g/mol. The second-order valence-corrected chi connectivity index (χ2v) is 4.31. The number of carbonyl (C=O) groups is 1. The molecule has 0 radical (unpaired) electrons. The van der Waals surface area contributed by atoms with Gasteiger partial charge in [-0.05, 0) is 18.4 Å². The third kappa shape index (κ3) is 1.67. The van der Waals surface area contributed by atoms with Gasteiger partial charge in [-0.2, -0.15) is 13.2 Å². The quantitative estimate of drug-likeness (QED) is 0.826. The maximum atomic E-state index is 12.7. The number of carbonyl (C=O) groups excluding carboxylic acids is 1. The first kappa shape index (κ1) is 11.3. The summed E-state index contributed by atoms with van der Waals surface area (Å²) in [6.07, 6.45) is -2.81. The zero-order chi connectivity index (χ0) is 11.9. The molecule has 1 aromatic rings. The number of alkyl halides is 3. The lowest BCUT2D eigenvalue weighted by Gasteiger charge is -2.13. The van der Waals surface area contributed by atoms with Gasteiger partial charge in [0.05, 0.1) is 5.56 Å². The van der Waals surface area contributed by atoms with Gasteiger partial charge in [-0.25, -0.2) is 0 Å². The Balaban J connectivity index is 2.61. The van der Waals surface area contributed by atoms with Crippen molar-refractivity contribution >= 4 is 23.4 Å². The molecule has 1 aromatic carbocycles. The van der Waals surface area contributed by atoms with Crippen molar-refractivity contribution in [3.63, 3.8) is 0 Å². The third-order valence-corrected chi connectivity index (χ3v) is 3.33. The number of benzene rings is 1. The monoisotopic (exact) mass is 247 g/mol. The van der Waals surface area contributed by atoms with Gasteiger partial charge in [0, 0.05) is 11.3 Å². The molecule has 6 heteroatoms. The second kappa shape index (κ2) is 3.69. The highest BCUT2D eigenvalue weighted by atomic mass is 32.2. The van der Waals surface area contributed by atoms with E-state index in [0.717, 1.165) is 17.8 Å². The van der Waals surface area contributed by atoms with Crippen molar-refractivity contribution in [1.29, 1.82) is 0 Å². The van der Waals surface area contributed by atoms with Crippen LogP contribution in [0.3, 0.4) is 0 Å². The van der Waals surface area contributed by atoms with Crippen LogP contribution in [-0.4, -0.2) is 12.2 Å². The van der Waals surface area contributed by atoms with Gasteiger partial charge in [-0.3, -0.25) is 4.79 Å². The molecule has 1 aliphatic rings. The lowest BCUT2D eigenvalue weighted by atomic mass is 10.0. The minimum atomic E-state index is -4.42. The van der Waals surface area contributed by atoms with Crippen LogP contribution in [0.2, 0.25) is 0 Å². The van der Waals surface area contributed by atoms with Crippen molar-refractivity contribution in [2.75, 3.05) is 11.6 Å². The van der Waals surface area contributed by atoms with Gasteiger partial charge in [0.2, 0.25) is 5.91 Å². The number of rotatable bonds is 1. The standard InChI is InChI=1S/C10H8F3NOS/c1-16-8-7-5(10(11,12)13)3-2-4-6(7)14-9(8)15/h2-4,8H,1H3,(H,14,15). The molecule has 0 spiro atoms. The van der Waals surface area contributed by atoms with Crippen LogP contribution in [0, 0.1) is 0 Å². The van der Waals surface area contributed by atoms with Gasteiger partial charge in [-0.1, -0.05) is 6.07 Å². The Bertz CT molecular complexity index is 444. The molecule has 0 saturated heterocycles. The van der Waals surface area contributed by atoms with Crippen LogP contribution >= 0.6 is 11.8 Å². The summed E-state index contributed by atoms with van der Waals surface area (Å²) >= 11 is 1.10. The summed E-state index contributed by atoms with van der Waals surface area (Å²) in [6.45, 7) is 0. The fourth-order valence-corrected chi connectivity index (χ4v) is 2.52. The molecule has 1 amide bonds. The lowest BCUT2D eigenvalue weighted by molar-refractivity contribution is -0.138.